The maximum Gasteiger partial charge on any atom is 0.271 e. The first kappa shape index (κ1) is 23.4. The van der Waals surface area contributed by atoms with E-state index in [9.17, 15) is 14.9 Å². The summed E-state index contributed by atoms with van der Waals surface area (Å²) < 4.78 is 1.95. The number of nitrogens with one attached hydrogen (secondary N) is 3. The predicted octanol–water partition coefficient (Wildman–Crippen LogP) is 6.50. The highest BCUT2D eigenvalue weighted by molar-refractivity contribution is 6.05. The van der Waals surface area contributed by atoms with Crippen molar-refractivity contribution in [2.45, 2.75) is 0 Å². The number of benzene rings is 3. The van der Waals surface area contributed by atoms with Crippen LogP contribution in [0.2, 0.25) is 0 Å². The highest BCUT2D eigenvalue weighted by atomic mass is 16.6. The van der Waals surface area contributed by atoms with Crippen molar-refractivity contribution in [2.24, 2.45) is 7.05 Å². The third kappa shape index (κ3) is 5.51. The fraction of sp³-hybridized carbons (Fsp3) is 0.0357. The van der Waals surface area contributed by atoms with E-state index in [2.05, 4.69) is 20.9 Å². The summed E-state index contributed by atoms with van der Waals surface area (Å²) in [6.45, 7) is 0. The second-order valence-electron chi connectivity index (χ2n) is 8.43. The molecule has 37 heavy (non-hydrogen) atoms. The molecule has 3 aromatic carbocycles. The zero-order valence-corrected chi connectivity index (χ0v) is 19.9. The number of aryl methyl sites for hydroxylation is 1. The average molecular weight is 492 g/mol. The van der Waals surface area contributed by atoms with Crippen molar-refractivity contribution in [1.82, 2.24) is 9.55 Å². The third-order valence-electron chi connectivity index (χ3n) is 5.75. The number of rotatable bonds is 7. The molecule has 0 saturated carbocycles. The lowest BCUT2D eigenvalue weighted by Crippen LogP contribution is -2.12. The molecule has 9 nitrogen and oxygen atoms in total. The first-order chi connectivity index (χ1) is 17.9. The standard InChI is InChI=1S/C28H22N6O3/c1-33-15-12-22(13-16-33)30-23-4-2-3-19(17-23)28(35)32-21-7-5-20(6-8-21)31-26-11-14-29-27-18-24(34(36)37)9-10-25(26)27/h2-18,30H,1H3,(H-,29,31,32,35)/p+1. The number of nitrogens with zero attached hydrogens (tertiary/aromatic N) is 3. The smallest absolute Gasteiger partial charge is 0.271 e. The first-order valence-electron chi connectivity index (χ1n) is 11.5. The monoisotopic (exact) mass is 491 g/mol. The molecule has 182 valence electrons. The van der Waals surface area contributed by atoms with Crippen LogP contribution in [0.15, 0.2) is 104 Å². The van der Waals surface area contributed by atoms with Gasteiger partial charge < -0.3 is 10.6 Å². The lowest BCUT2D eigenvalue weighted by molar-refractivity contribution is -0.384. The number of amides is 1. The van der Waals surface area contributed by atoms with Crippen LogP contribution in [0.3, 0.4) is 0 Å². The van der Waals surface area contributed by atoms with Gasteiger partial charge in [0.25, 0.3) is 11.6 Å². The molecular weight excluding hydrogens is 468 g/mol. The van der Waals surface area contributed by atoms with Crippen LogP contribution in [-0.4, -0.2) is 20.4 Å². The van der Waals surface area contributed by atoms with Gasteiger partial charge in [0.2, 0.25) is 0 Å². The lowest BCUT2D eigenvalue weighted by atomic mass is 10.1. The van der Waals surface area contributed by atoms with Gasteiger partial charge in [-0.25, -0.2) is 0 Å². The van der Waals surface area contributed by atoms with Gasteiger partial charge >= 0.3 is 0 Å². The van der Waals surface area contributed by atoms with Crippen LogP contribution in [0, 0.1) is 10.1 Å². The molecule has 2 aromatic heterocycles. The molecule has 2 heterocycles. The maximum absolute atomic E-state index is 12.8. The van der Waals surface area contributed by atoms with E-state index < -0.39 is 4.92 Å². The number of fused-ring (bicyclic) bond motifs is 1. The Kier molecular flexibility index (Phi) is 6.41. The van der Waals surface area contributed by atoms with E-state index in [4.69, 9.17) is 0 Å². The van der Waals surface area contributed by atoms with E-state index in [1.54, 1.807) is 42.6 Å². The number of nitro groups is 1. The summed E-state index contributed by atoms with van der Waals surface area (Å²) in [5, 5.41) is 21.4. The molecule has 5 rings (SSSR count). The molecule has 9 heteroatoms. The molecule has 0 unspecified atom stereocenters. The summed E-state index contributed by atoms with van der Waals surface area (Å²) in [7, 11) is 1.95. The molecule has 0 aliphatic carbocycles. The minimum atomic E-state index is -0.440. The molecule has 3 N–H and O–H groups in total. The minimum Gasteiger partial charge on any atom is -0.355 e. The number of pyridine rings is 2. The number of aromatic nitrogens is 2. The van der Waals surface area contributed by atoms with E-state index in [1.807, 2.05) is 60.4 Å². The van der Waals surface area contributed by atoms with Crippen molar-refractivity contribution in [2.75, 3.05) is 16.0 Å². The number of anilines is 5. The Morgan fingerprint density at radius 2 is 1.70 bits per heavy atom. The Bertz CT molecular complexity index is 1600. The molecule has 0 atom stereocenters. The molecule has 0 aliphatic rings. The summed E-state index contributed by atoms with van der Waals surface area (Å²) in [5.41, 5.74) is 5.02. The van der Waals surface area contributed by atoms with Gasteiger partial charge in [-0.3, -0.25) is 29.8 Å². The van der Waals surface area contributed by atoms with Crippen LogP contribution >= 0.6 is 0 Å². The second-order valence-corrected chi connectivity index (χ2v) is 8.43. The average Bonchev–Trinajstić information content (AvgIpc) is 2.91. The van der Waals surface area contributed by atoms with Crippen LogP contribution in [0.25, 0.3) is 10.9 Å². The number of carbonyl (C=O) groups excluding carboxylic acids is 1. The summed E-state index contributed by atoms with van der Waals surface area (Å²) in [6.07, 6.45) is 5.49. The normalized spacial score (nSPS) is 10.6. The zero-order chi connectivity index (χ0) is 25.8. The number of nitro benzene ring substituents is 1. The van der Waals surface area contributed by atoms with E-state index in [0.717, 1.165) is 28.1 Å². The van der Waals surface area contributed by atoms with Gasteiger partial charge in [-0.1, -0.05) is 0 Å². The fourth-order valence-corrected chi connectivity index (χ4v) is 3.84. The number of hydrogen-bond acceptors (Lipinski definition) is 6. The number of non-ortho nitro benzene ring substituents is 1. The summed E-state index contributed by atoms with van der Waals surface area (Å²) in [4.78, 5) is 27.7. The minimum absolute atomic E-state index is 0.00666. The van der Waals surface area contributed by atoms with Crippen molar-refractivity contribution < 1.29 is 9.72 Å². The fourth-order valence-electron chi connectivity index (χ4n) is 3.84. The lowest BCUT2D eigenvalue weighted by Gasteiger charge is -2.11. The van der Waals surface area contributed by atoms with E-state index >= 15 is 0 Å². The quantitative estimate of drug-likeness (QED) is 0.136. The Morgan fingerprint density at radius 1 is 0.946 bits per heavy atom. The Balaban J connectivity index is 1.26. The highest BCUT2D eigenvalue weighted by Crippen LogP contribution is 2.28. The van der Waals surface area contributed by atoms with Crippen molar-refractivity contribution in [3.63, 3.8) is 0 Å². The molecular formula is C28H23N6O3+. The van der Waals surface area contributed by atoms with Gasteiger partial charge in [-0.15, -0.1) is 0 Å². The molecule has 0 aliphatic heterocycles. The summed E-state index contributed by atoms with van der Waals surface area (Å²) >= 11 is 0. The number of hydrogen-bond donors (Lipinski definition) is 3. The van der Waals surface area contributed by atoms with Crippen LogP contribution in [0.4, 0.5) is 34.1 Å². The maximum atomic E-state index is 12.8. The summed E-state index contributed by atoms with van der Waals surface area (Å²) in [5.74, 6) is -0.217. The van der Waals surface area contributed by atoms with Gasteiger partial charge in [0.1, 0.15) is 11.4 Å². The zero-order valence-electron chi connectivity index (χ0n) is 19.9. The van der Waals surface area contributed by atoms with Crippen LogP contribution in [0.5, 0.6) is 0 Å². The molecule has 0 radical (unpaired) electrons. The van der Waals surface area contributed by atoms with Gasteiger partial charge in [0, 0.05) is 60.0 Å². The van der Waals surface area contributed by atoms with Crippen molar-refractivity contribution in [3.05, 3.63) is 119 Å². The Morgan fingerprint density at radius 3 is 2.46 bits per heavy atom. The van der Waals surface area contributed by atoms with E-state index in [0.29, 0.717) is 16.8 Å². The molecule has 0 bridgehead atoms. The van der Waals surface area contributed by atoms with Crippen LogP contribution in [0.1, 0.15) is 10.4 Å². The molecule has 0 saturated heterocycles. The molecule has 1 amide bonds. The van der Waals surface area contributed by atoms with Gasteiger partial charge in [-0.2, -0.15) is 0 Å². The van der Waals surface area contributed by atoms with E-state index in [-0.39, 0.29) is 11.6 Å². The van der Waals surface area contributed by atoms with Gasteiger partial charge in [0.15, 0.2) is 0 Å². The summed E-state index contributed by atoms with van der Waals surface area (Å²) in [6, 6.07) is 24.9. The highest BCUT2D eigenvalue weighted by Gasteiger charge is 2.11. The molecule has 5 aromatic rings. The molecule has 0 fully saturated rings. The molecule has 0 spiro atoms. The topological polar surface area (TPSA) is 114 Å². The van der Waals surface area contributed by atoms with Crippen molar-refractivity contribution in [3.8, 4) is 0 Å². The Labute approximate surface area is 212 Å². The van der Waals surface area contributed by atoms with Crippen LogP contribution in [-0.2, 0) is 7.05 Å². The SMILES string of the molecule is Cn1cc[c+](Nc2cccc(C(=O)Nc3ccc(Nc4ccnc5cc([N+](=O)[O-])ccc45)cc3)c2)cc1. The second kappa shape index (κ2) is 10.1. The largest absolute Gasteiger partial charge is 0.355 e. The van der Waals surface area contributed by atoms with Gasteiger partial charge in [-0.05, 0) is 48.5 Å². The predicted molar refractivity (Wildman–Crippen MR) is 146 cm³/mol. The van der Waals surface area contributed by atoms with Crippen molar-refractivity contribution >= 4 is 50.9 Å². The van der Waals surface area contributed by atoms with E-state index in [1.165, 1.54) is 12.1 Å². The number of carbonyl (C=O) groups is 1. The Hall–Kier alpha value is -5.31. The first-order valence-corrected chi connectivity index (χ1v) is 11.5. The van der Waals surface area contributed by atoms with Crippen LogP contribution < -0.4 is 16.0 Å². The van der Waals surface area contributed by atoms with Crippen molar-refractivity contribution in [1.29, 1.82) is 0 Å². The third-order valence-corrected chi connectivity index (χ3v) is 5.75. The van der Waals surface area contributed by atoms with Gasteiger partial charge in [0.05, 0.1) is 40.5 Å².